The molecule has 118 valence electrons. The van der Waals surface area contributed by atoms with Gasteiger partial charge in [-0.3, -0.25) is 4.79 Å². The van der Waals surface area contributed by atoms with Crippen LogP contribution < -0.4 is 14.4 Å². The maximum atomic E-state index is 11.8. The highest BCUT2D eigenvalue weighted by atomic mass is 16.5. The van der Waals surface area contributed by atoms with E-state index in [0.717, 1.165) is 16.9 Å². The van der Waals surface area contributed by atoms with E-state index in [4.69, 9.17) is 14.6 Å². The average molecular weight is 313 g/mol. The molecule has 0 amide bonds. The quantitative estimate of drug-likeness (QED) is 0.688. The molecule has 0 saturated heterocycles. The molecule has 3 rings (SSSR count). The van der Waals surface area contributed by atoms with Gasteiger partial charge in [0.25, 0.3) is 0 Å². The lowest BCUT2D eigenvalue weighted by atomic mass is 10.0. The van der Waals surface area contributed by atoms with Crippen molar-refractivity contribution >= 4 is 17.6 Å². The van der Waals surface area contributed by atoms with E-state index in [1.165, 1.54) is 4.90 Å². The van der Waals surface area contributed by atoms with Gasteiger partial charge in [-0.1, -0.05) is 24.3 Å². The predicted molar refractivity (Wildman–Crippen MR) is 83.9 cm³/mol. The van der Waals surface area contributed by atoms with Crippen LogP contribution in [0.2, 0.25) is 0 Å². The Morgan fingerprint density at radius 2 is 2.00 bits per heavy atom. The van der Waals surface area contributed by atoms with Crippen LogP contribution in [-0.4, -0.2) is 37.2 Å². The molecule has 0 bridgehead atoms. The van der Waals surface area contributed by atoms with Crippen molar-refractivity contribution in [3.05, 3.63) is 42.5 Å². The van der Waals surface area contributed by atoms with Crippen LogP contribution in [0, 0.1) is 0 Å². The minimum atomic E-state index is -1.000. The number of methoxy groups -OCH3 is 1. The molecule has 6 nitrogen and oxygen atoms in total. The summed E-state index contributed by atoms with van der Waals surface area (Å²) < 4.78 is 10.5. The van der Waals surface area contributed by atoms with E-state index in [9.17, 15) is 9.59 Å². The third kappa shape index (κ3) is 2.96. The van der Waals surface area contributed by atoms with Gasteiger partial charge in [-0.2, -0.15) is 0 Å². The maximum absolute atomic E-state index is 11.8. The van der Waals surface area contributed by atoms with Crippen molar-refractivity contribution in [1.29, 1.82) is 0 Å². The van der Waals surface area contributed by atoms with Crippen molar-refractivity contribution in [2.75, 3.05) is 25.1 Å². The smallest absolute Gasteiger partial charge is 0.331 e. The van der Waals surface area contributed by atoms with Gasteiger partial charge in [-0.15, -0.1) is 0 Å². The fraction of sp³-hybridized carbons (Fsp3) is 0.176. The van der Waals surface area contributed by atoms with Crippen molar-refractivity contribution in [1.82, 2.24) is 0 Å². The number of nitrogens with zero attached hydrogens (tertiary/aromatic N) is 1. The van der Waals surface area contributed by atoms with Gasteiger partial charge in [0.05, 0.1) is 12.8 Å². The molecule has 0 unspecified atom stereocenters. The van der Waals surface area contributed by atoms with Crippen LogP contribution in [0.4, 0.5) is 5.69 Å². The summed E-state index contributed by atoms with van der Waals surface area (Å²) in [5.74, 6) is -0.363. The van der Waals surface area contributed by atoms with E-state index in [1.54, 1.807) is 13.2 Å². The van der Waals surface area contributed by atoms with Crippen molar-refractivity contribution in [3.63, 3.8) is 0 Å². The lowest BCUT2D eigenvalue weighted by Crippen LogP contribution is -2.40. The summed E-state index contributed by atoms with van der Waals surface area (Å²) in [7, 11) is 1.59. The highest BCUT2D eigenvalue weighted by Crippen LogP contribution is 2.41. The number of aliphatic carboxylic acids is 1. The topological polar surface area (TPSA) is 76.1 Å². The first-order valence-electron chi connectivity index (χ1n) is 7.03. The number of anilines is 1. The zero-order valence-electron chi connectivity index (χ0n) is 12.5. The standard InChI is InChI=1S/C17H15NO5/c1-22-12-7-5-11(6-8-12)13-3-2-4-14-17(13)23-16(21)10-18(14)9-15(19)20/h2-8H,9-10H2,1H3,(H,19,20). The van der Waals surface area contributed by atoms with Gasteiger partial charge >= 0.3 is 11.9 Å². The monoisotopic (exact) mass is 313 g/mol. The molecule has 0 fully saturated rings. The lowest BCUT2D eigenvalue weighted by Gasteiger charge is -2.29. The number of benzene rings is 2. The Labute approximate surface area is 132 Å². The largest absolute Gasteiger partial charge is 0.497 e. The Morgan fingerprint density at radius 1 is 1.26 bits per heavy atom. The molecule has 0 saturated carbocycles. The molecule has 6 heteroatoms. The third-order valence-corrected chi connectivity index (χ3v) is 3.60. The van der Waals surface area contributed by atoms with Crippen LogP contribution in [0.15, 0.2) is 42.5 Å². The fourth-order valence-electron chi connectivity index (χ4n) is 2.57. The first-order chi connectivity index (χ1) is 11.1. The summed E-state index contributed by atoms with van der Waals surface area (Å²) in [5, 5.41) is 9.01. The third-order valence-electron chi connectivity index (χ3n) is 3.60. The molecule has 0 atom stereocenters. The van der Waals surface area contributed by atoms with Crippen LogP contribution in [-0.2, 0) is 9.59 Å². The average Bonchev–Trinajstić information content (AvgIpc) is 2.54. The number of carbonyl (C=O) groups is 2. The van der Waals surface area contributed by atoms with Gasteiger partial charge < -0.3 is 19.5 Å². The Balaban J connectivity index is 2.06. The fourth-order valence-corrected chi connectivity index (χ4v) is 2.57. The van der Waals surface area contributed by atoms with E-state index in [-0.39, 0.29) is 13.1 Å². The SMILES string of the molecule is COc1ccc(-c2cccc3c2OC(=O)CN3CC(=O)O)cc1. The molecule has 0 radical (unpaired) electrons. The van der Waals surface area contributed by atoms with Crippen LogP contribution >= 0.6 is 0 Å². The van der Waals surface area contributed by atoms with E-state index in [2.05, 4.69) is 0 Å². The molecule has 0 aromatic heterocycles. The maximum Gasteiger partial charge on any atom is 0.331 e. The van der Waals surface area contributed by atoms with Crippen LogP contribution in [0.1, 0.15) is 0 Å². The van der Waals surface area contributed by atoms with Crippen LogP contribution in [0.25, 0.3) is 11.1 Å². The number of hydrogen-bond donors (Lipinski definition) is 1. The summed E-state index contributed by atoms with van der Waals surface area (Å²) in [6.45, 7) is -0.334. The van der Waals surface area contributed by atoms with Gasteiger partial charge in [-0.05, 0) is 23.8 Å². The van der Waals surface area contributed by atoms with Crippen molar-refractivity contribution in [2.45, 2.75) is 0 Å². The number of para-hydroxylation sites is 1. The Hall–Kier alpha value is -3.02. The number of fused-ring (bicyclic) bond motifs is 1. The zero-order valence-corrected chi connectivity index (χ0v) is 12.5. The highest BCUT2D eigenvalue weighted by Gasteiger charge is 2.27. The Bertz CT molecular complexity index is 754. The summed E-state index contributed by atoms with van der Waals surface area (Å²) in [4.78, 5) is 24.3. The molecule has 0 spiro atoms. The number of carbonyl (C=O) groups excluding carboxylic acids is 1. The number of esters is 1. The first kappa shape index (κ1) is 14.9. The number of rotatable bonds is 4. The van der Waals surface area contributed by atoms with Crippen molar-refractivity contribution < 1.29 is 24.2 Å². The second-order valence-electron chi connectivity index (χ2n) is 5.11. The molecule has 1 aliphatic rings. The second-order valence-corrected chi connectivity index (χ2v) is 5.11. The van der Waals surface area contributed by atoms with E-state index in [0.29, 0.717) is 11.4 Å². The zero-order chi connectivity index (χ0) is 16.4. The van der Waals surface area contributed by atoms with Crippen LogP contribution in [0.3, 0.4) is 0 Å². The van der Waals surface area contributed by atoms with Gasteiger partial charge in [0.15, 0.2) is 5.75 Å². The molecule has 2 aromatic carbocycles. The number of carboxylic acid groups (broad SMARTS) is 1. The molecule has 1 aliphatic heterocycles. The number of ether oxygens (including phenoxy) is 2. The minimum absolute atomic E-state index is 0.0780. The summed E-state index contributed by atoms with van der Waals surface area (Å²) in [6, 6.07) is 12.7. The predicted octanol–water partition coefficient (Wildman–Crippen LogP) is 2.17. The summed E-state index contributed by atoms with van der Waals surface area (Å²) >= 11 is 0. The number of hydrogen-bond acceptors (Lipinski definition) is 5. The summed E-state index contributed by atoms with van der Waals surface area (Å²) in [6.07, 6.45) is 0. The molecule has 2 aromatic rings. The van der Waals surface area contributed by atoms with Gasteiger partial charge in [0, 0.05) is 5.56 Å². The molecule has 23 heavy (non-hydrogen) atoms. The van der Waals surface area contributed by atoms with Crippen LogP contribution in [0.5, 0.6) is 11.5 Å². The normalized spacial score (nSPS) is 13.3. The van der Waals surface area contributed by atoms with Gasteiger partial charge in [-0.25, -0.2) is 4.79 Å². The summed E-state index contributed by atoms with van der Waals surface area (Å²) in [5.41, 5.74) is 2.18. The molecule has 1 heterocycles. The first-order valence-corrected chi connectivity index (χ1v) is 7.03. The van der Waals surface area contributed by atoms with Gasteiger partial charge in [0.1, 0.15) is 18.8 Å². The molecule has 0 aliphatic carbocycles. The van der Waals surface area contributed by atoms with Crippen molar-refractivity contribution in [2.24, 2.45) is 0 Å². The number of carboxylic acids is 1. The molecular formula is C17H15NO5. The van der Waals surface area contributed by atoms with Crippen molar-refractivity contribution in [3.8, 4) is 22.6 Å². The minimum Gasteiger partial charge on any atom is -0.497 e. The molecule has 1 N–H and O–H groups in total. The second kappa shape index (κ2) is 6.00. The Kier molecular flexibility index (Phi) is 3.89. The van der Waals surface area contributed by atoms with E-state index >= 15 is 0 Å². The van der Waals surface area contributed by atoms with E-state index in [1.807, 2.05) is 36.4 Å². The Morgan fingerprint density at radius 3 is 2.65 bits per heavy atom. The van der Waals surface area contributed by atoms with E-state index < -0.39 is 11.9 Å². The lowest BCUT2D eigenvalue weighted by molar-refractivity contribution is -0.136. The highest BCUT2D eigenvalue weighted by molar-refractivity contribution is 5.92. The molecular weight excluding hydrogens is 298 g/mol. The van der Waals surface area contributed by atoms with Gasteiger partial charge in [0.2, 0.25) is 0 Å².